The van der Waals surface area contributed by atoms with E-state index < -0.39 is 27.9 Å². The Morgan fingerprint density at radius 3 is 2.71 bits per heavy atom. The molecule has 2 atom stereocenters. The number of hydrogen-bond donors (Lipinski definition) is 2. The fourth-order valence-corrected chi connectivity index (χ4v) is 3.76. The van der Waals surface area contributed by atoms with E-state index in [4.69, 9.17) is 9.84 Å². The number of sulfone groups is 1. The van der Waals surface area contributed by atoms with Crippen LogP contribution in [0.1, 0.15) is 13.3 Å². The summed E-state index contributed by atoms with van der Waals surface area (Å²) in [6.07, 6.45) is -0.375. The Morgan fingerprint density at radius 1 is 1.48 bits per heavy atom. The van der Waals surface area contributed by atoms with Crippen molar-refractivity contribution in [3.63, 3.8) is 0 Å². The van der Waals surface area contributed by atoms with Gasteiger partial charge >= 0.3 is 12.0 Å². The van der Waals surface area contributed by atoms with Crippen molar-refractivity contribution in [3.05, 3.63) is 0 Å². The van der Waals surface area contributed by atoms with Crippen molar-refractivity contribution in [2.45, 2.75) is 19.4 Å². The number of hydrogen-bond acceptors (Lipinski definition) is 5. The van der Waals surface area contributed by atoms with Gasteiger partial charge in [0, 0.05) is 20.2 Å². The van der Waals surface area contributed by atoms with Crippen molar-refractivity contribution in [1.29, 1.82) is 0 Å². The number of nitrogens with zero attached hydrogens (tertiary/aromatic N) is 1. The van der Waals surface area contributed by atoms with Crippen LogP contribution in [-0.2, 0) is 19.4 Å². The van der Waals surface area contributed by atoms with E-state index in [2.05, 4.69) is 5.32 Å². The maximum atomic E-state index is 12.1. The Kier molecular flexibility index (Phi) is 6.41. The predicted octanol–water partition coefficient (Wildman–Crippen LogP) is -0.448. The molecule has 2 N–H and O–H groups in total. The van der Waals surface area contributed by atoms with E-state index in [1.54, 1.807) is 7.11 Å². The number of carbonyl (C=O) groups excluding carboxylic acids is 1. The molecule has 122 valence electrons. The zero-order chi connectivity index (χ0) is 16.0. The monoisotopic (exact) mass is 322 g/mol. The number of aliphatic carboxylic acids is 1. The van der Waals surface area contributed by atoms with E-state index in [1.165, 1.54) is 4.90 Å². The first-order valence-corrected chi connectivity index (χ1v) is 8.53. The summed E-state index contributed by atoms with van der Waals surface area (Å²) < 4.78 is 28.1. The van der Waals surface area contributed by atoms with Crippen LogP contribution < -0.4 is 5.32 Å². The summed E-state index contributed by atoms with van der Waals surface area (Å²) in [4.78, 5) is 24.2. The molecule has 8 nitrogen and oxygen atoms in total. The van der Waals surface area contributed by atoms with Crippen LogP contribution in [-0.4, -0.2) is 74.8 Å². The fourth-order valence-electron chi connectivity index (χ4n) is 2.23. The van der Waals surface area contributed by atoms with Gasteiger partial charge in [-0.1, -0.05) is 6.92 Å². The van der Waals surface area contributed by atoms with Gasteiger partial charge < -0.3 is 20.1 Å². The Hall–Kier alpha value is -1.35. The topological polar surface area (TPSA) is 113 Å². The zero-order valence-electron chi connectivity index (χ0n) is 12.2. The average Bonchev–Trinajstić information content (AvgIpc) is 2.34. The highest BCUT2D eigenvalue weighted by atomic mass is 32.2. The van der Waals surface area contributed by atoms with E-state index in [9.17, 15) is 18.0 Å². The molecule has 0 aromatic rings. The first-order valence-electron chi connectivity index (χ1n) is 6.70. The SMILES string of the molecule is COCC(C)CNC(=O)N1CCS(=O)(=O)CC1CC(=O)O. The molecule has 2 unspecified atom stereocenters. The van der Waals surface area contributed by atoms with Crippen LogP contribution in [0.4, 0.5) is 4.79 Å². The Morgan fingerprint density at radius 2 is 2.14 bits per heavy atom. The van der Waals surface area contributed by atoms with Crippen LogP contribution in [0.3, 0.4) is 0 Å². The highest BCUT2D eigenvalue weighted by Gasteiger charge is 2.35. The Balaban J connectivity index is 2.64. The second-order valence-corrected chi connectivity index (χ2v) is 7.53. The van der Waals surface area contributed by atoms with Crippen LogP contribution >= 0.6 is 0 Å². The van der Waals surface area contributed by atoms with Gasteiger partial charge in [-0.15, -0.1) is 0 Å². The van der Waals surface area contributed by atoms with E-state index >= 15 is 0 Å². The predicted molar refractivity (Wildman–Crippen MR) is 75.8 cm³/mol. The summed E-state index contributed by atoms with van der Waals surface area (Å²) in [5.41, 5.74) is 0. The number of methoxy groups -OCH3 is 1. The molecule has 1 saturated heterocycles. The van der Waals surface area contributed by atoms with Gasteiger partial charge in [0.05, 0.1) is 30.6 Å². The second-order valence-electron chi connectivity index (χ2n) is 5.31. The number of urea groups is 1. The molecule has 2 amide bonds. The Bertz CT molecular complexity index is 478. The summed E-state index contributed by atoms with van der Waals surface area (Å²) in [5.74, 6) is -1.45. The second kappa shape index (κ2) is 7.60. The van der Waals surface area contributed by atoms with E-state index in [0.29, 0.717) is 13.2 Å². The molecule has 1 aliphatic heterocycles. The van der Waals surface area contributed by atoms with Crippen molar-refractivity contribution in [1.82, 2.24) is 10.2 Å². The average molecular weight is 322 g/mol. The van der Waals surface area contributed by atoms with Crippen molar-refractivity contribution in [2.75, 3.05) is 38.3 Å². The number of amides is 2. The fraction of sp³-hybridized carbons (Fsp3) is 0.833. The van der Waals surface area contributed by atoms with Gasteiger partial charge in [-0.25, -0.2) is 13.2 Å². The molecule has 0 aromatic carbocycles. The lowest BCUT2D eigenvalue weighted by Gasteiger charge is -2.34. The van der Waals surface area contributed by atoms with Crippen molar-refractivity contribution >= 4 is 21.8 Å². The van der Waals surface area contributed by atoms with Crippen LogP contribution in [0.5, 0.6) is 0 Å². The molecule has 0 saturated carbocycles. The quantitative estimate of drug-likeness (QED) is 0.685. The Labute approximate surface area is 124 Å². The molecule has 1 aliphatic rings. The van der Waals surface area contributed by atoms with Gasteiger partial charge in [0.15, 0.2) is 9.84 Å². The molecular weight excluding hydrogens is 300 g/mol. The number of carboxylic acids is 1. The normalized spacial score (nSPS) is 22.6. The maximum Gasteiger partial charge on any atom is 0.317 e. The molecular formula is C12H22N2O6S. The number of nitrogens with one attached hydrogen (secondary N) is 1. The zero-order valence-corrected chi connectivity index (χ0v) is 13.1. The van der Waals surface area contributed by atoms with E-state index in [0.717, 1.165) is 0 Å². The highest BCUT2D eigenvalue weighted by molar-refractivity contribution is 7.91. The molecule has 9 heteroatoms. The molecule has 0 bridgehead atoms. The smallest absolute Gasteiger partial charge is 0.317 e. The first kappa shape index (κ1) is 17.7. The highest BCUT2D eigenvalue weighted by Crippen LogP contribution is 2.15. The minimum Gasteiger partial charge on any atom is -0.481 e. The third-order valence-corrected chi connectivity index (χ3v) is 4.95. The van der Waals surface area contributed by atoms with Crippen molar-refractivity contribution in [2.24, 2.45) is 5.92 Å². The van der Waals surface area contributed by atoms with Gasteiger partial charge in [0.25, 0.3) is 0 Å². The lowest BCUT2D eigenvalue weighted by atomic mass is 10.2. The van der Waals surface area contributed by atoms with Gasteiger partial charge in [0.2, 0.25) is 0 Å². The van der Waals surface area contributed by atoms with E-state index in [-0.39, 0.29) is 30.4 Å². The number of carbonyl (C=O) groups is 2. The molecule has 1 rings (SSSR count). The third-order valence-electron chi connectivity index (χ3n) is 3.25. The minimum atomic E-state index is -3.29. The maximum absolute atomic E-state index is 12.1. The number of rotatable bonds is 6. The summed E-state index contributed by atoms with van der Waals surface area (Å²) in [7, 11) is -1.72. The summed E-state index contributed by atoms with van der Waals surface area (Å²) in [6, 6.07) is -1.25. The van der Waals surface area contributed by atoms with Gasteiger partial charge in [-0.2, -0.15) is 0 Å². The summed E-state index contributed by atoms with van der Waals surface area (Å²) >= 11 is 0. The standard InChI is InChI=1S/C12H22N2O6S/c1-9(7-20-2)6-13-12(17)14-3-4-21(18,19)8-10(14)5-11(15)16/h9-10H,3-8H2,1-2H3,(H,13,17)(H,15,16). The molecule has 0 aliphatic carbocycles. The van der Waals surface area contributed by atoms with Crippen LogP contribution in [0.2, 0.25) is 0 Å². The first-order chi connectivity index (χ1) is 9.75. The molecule has 1 heterocycles. The number of carboxylic acid groups (broad SMARTS) is 1. The van der Waals surface area contributed by atoms with E-state index in [1.807, 2.05) is 6.92 Å². The van der Waals surface area contributed by atoms with Crippen LogP contribution in [0.15, 0.2) is 0 Å². The number of ether oxygens (including phenoxy) is 1. The molecule has 21 heavy (non-hydrogen) atoms. The lowest BCUT2D eigenvalue weighted by molar-refractivity contribution is -0.138. The van der Waals surface area contributed by atoms with Crippen molar-refractivity contribution < 1.29 is 27.9 Å². The van der Waals surface area contributed by atoms with Gasteiger partial charge in [-0.3, -0.25) is 4.79 Å². The third kappa shape index (κ3) is 5.88. The summed E-state index contributed by atoms with van der Waals surface area (Å²) in [6.45, 7) is 2.80. The minimum absolute atomic E-state index is 0.0186. The van der Waals surface area contributed by atoms with Crippen LogP contribution in [0.25, 0.3) is 0 Å². The summed E-state index contributed by atoms with van der Waals surface area (Å²) in [5, 5.41) is 11.5. The molecule has 0 radical (unpaired) electrons. The van der Waals surface area contributed by atoms with Crippen molar-refractivity contribution in [3.8, 4) is 0 Å². The van der Waals surface area contributed by atoms with Gasteiger partial charge in [-0.05, 0) is 5.92 Å². The molecule has 1 fully saturated rings. The van der Waals surface area contributed by atoms with Crippen LogP contribution in [0, 0.1) is 5.92 Å². The lowest BCUT2D eigenvalue weighted by Crippen LogP contribution is -2.55. The molecule has 0 aromatic heterocycles. The largest absolute Gasteiger partial charge is 0.481 e. The molecule has 0 spiro atoms. The van der Waals surface area contributed by atoms with Gasteiger partial charge in [0.1, 0.15) is 0 Å².